The first-order chi connectivity index (χ1) is 20.9. The van der Waals surface area contributed by atoms with Gasteiger partial charge in [0.15, 0.2) is 0 Å². The number of aliphatic hydroxyl groups excluding tert-OH is 1. The van der Waals surface area contributed by atoms with Crippen molar-refractivity contribution in [3.05, 3.63) is 83.1 Å². The number of rotatable bonds is 4. The second kappa shape index (κ2) is 12.9. The average Bonchev–Trinajstić information content (AvgIpc) is 2.92. The van der Waals surface area contributed by atoms with Crippen LogP contribution in [0.4, 0.5) is 43.4 Å². The van der Waals surface area contributed by atoms with Crippen LogP contribution in [0.2, 0.25) is 15.3 Å². The first kappa shape index (κ1) is 34.1. The standard InChI is InChI=1S/C16H15ClF3N3O3.C10H3Cl2F3N2O2/c17-15-14(23(25)26)13(21-9-2-4-10(24)5-3-9)11-6-1-8(16(18,19)20)7-12(11)22-15;11-7-5-2-1-4(10(13,14)15)3-6(5)16-9(12)8(7)17(18)19/h1,6-7,9-10,24H,2-5H2,(H,21,22);1-3H. The molecule has 1 aliphatic carbocycles. The van der Waals surface area contributed by atoms with E-state index in [-0.39, 0.29) is 38.6 Å². The van der Waals surface area contributed by atoms with Crippen LogP contribution in [0, 0.1) is 20.2 Å². The van der Waals surface area contributed by atoms with Crippen LogP contribution in [0.25, 0.3) is 21.8 Å². The highest BCUT2D eigenvalue weighted by Gasteiger charge is 2.34. The number of fused-ring (bicyclic) bond motifs is 2. The van der Waals surface area contributed by atoms with Crippen molar-refractivity contribution in [2.45, 2.75) is 50.2 Å². The molecule has 0 amide bonds. The van der Waals surface area contributed by atoms with Gasteiger partial charge in [-0.05, 0) is 56.0 Å². The Bertz CT molecular complexity index is 1800. The first-order valence-electron chi connectivity index (χ1n) is 12.7. The number of nitro groups is 2. The number of hydrogen-bond donors (Lipinski definition) is 2. The molecular weight excluding hydrogens is 683 g/mol. The Kier molecular flexibility index (Phi) is 9.82. The van der Waals surface area contributed by atoms with Crippen LogP contribution in [0.5, 0.6) is 0 Å². The summed E-state index contributed by atoms with van der Waals surface area (Å²) in [5.41, 5.74) is -3.12. The molecule has 1 aliphatic rings. The molecule has 2 N–H and O–H groups in total. The number of halogens is 9. The fourth-order valence-electron chi connectivity index (χ4n) is 4.66. The van der Waals surface area contributed by atoms with E-state index in [0.29, 0.717) is 25.7 Å². The number of nitrogens with zero attached hydrogens (tertiary/aromatic N) is 4. The van der Waals surface area contributed by atoms with Crippen molar-refractivity contribution in [1.29, 1.82) is 0 Å². The van der Waals surface area contributed by atoms with E-state index in [9.17, 15) is 51.7 Å². The third kappa shape index (κ3) is 7.57. The number of nitrogens with one attached hydrogen (secondary N) is 1. The van der Waals surface area contributed by atoms with E-state index < -0.39 is 61.1 Å². The summed E-state index contributed by atoms with van der Waals surface area (Å²) < 4.78 is 76.3. The SMILES string of the molecule is O=[N+]([O-])c1c(Cl)nc2cc(C(F)(F)F)ccc2c1Cl.O=[N+]([O-])c1c(Cl)nc2cc(C(F)(F)F)ccc2c1NC1CCC(O)CC1. The van der Waals surface area contributed by atoms with Gasteiger partial charge in [0.1, 0.15) is 10.7 Å². The van der Waals surface area contributed by atoms with Crippen LogP contribution in [0.1, 0.15) is 36.8 Å². The largest absolute Gasteiger partial charge is 0.416 e. The van der Waals surface area contributed by atoms with E-state index in [1.165, 1.54) is 0 Å². The van der Waals surface area contributed by atoms with Crippen molar-refractivity contribution in [3.8, 4) is 0 Å². The Labute approximate surface area is 263 Å². The van der Waals surface area contributed by atoms with Gasteiger partial charge in [-0.3, -0.25) is 20.2 Å². The van der Waals surface area contributed by atoms with Crippen molar-refractivity contribution < 1.29 is 41.3 Å². The van der Waals surface area contributed by atoms with Gasteiger partial charge in [0.2, 0.25) is 10.3 Å². The number of hydrogen-bond acceptors (Lipinski definition) is 8. The molecule has 2 aromatic carbocycles. The number of aromatic nitrogens is 2. The molecule has 0 spiro atoms. The minimum Gasteiger partial charge on any atom is -0.393 e. The molecule has 45 heavy (non-hydrogen) atoms. The Morgan fingerprint density at radius 3 is 1.67 bits per heavy atom. The van der Waals surface area contributed by atoms with Crippen molar-refractivity contribution in [2.24, 2.45) is 0 Å². The molecule has 2 aromatic heterocycles. The van der Waals surface area contributed by atoms with Gasteiger partial charge in [0.05, 0.1) is 38.1 Å². The number of alkyl halides is 6. The number of aliphatic hydroxyl groups is 1. The predicted molar refractivity (Wildman–Crippen MR) is 154 cm³/mol. The van der Waals surface area contributed by atoms with E-state index in [1.54, 1.807) is 0 Å². The van der Waals surface area contributed by atoms with Crippen LogP contribution in [-0.2, 0) is 12.4 Å². The second-order valence-corrected chi connectivity index (χ2v) is 10.9. The lowest BCUT2D eigenvalue weighted by atomic mass is 9.92. The van der Waals surface area contributed by atoms with Gasteiger partial charge >= 0.3 is 23.7 Å². The monoisotopic (exact) mass is 699 g/mol. The highest BCUT2D eigenvalue weighted by atomic mass is 35.5. The summed E-state index contributed by atoms with van der Waals surface area (Å²) in [6.07, 6.45) is -7.26. The van der Waals surface area contributed by atoms with Crippen molar-refractivity contribution in [3.63, 3.8) is 0 Å². The molecule has 240 valence electrons. The lowest BCUT2D eigenvalue weighted by molar-refractivity contribution is -0.384. The van der Waals surface area contributed by atoms with Gasteiger partial charge in [-0.1, -0.05) is 40.9 Å². The van der Waals surface area contributed by atoms with Gasteiger partial charge in [-0.25, -0.2) is 9.97 Å². The average molecular weight is 701 g/mol. The van der Waals surface area contributed by atoms with Crippen molar-refractivity contribution >= 4 is 73.7 Å². The molecule has 0 radical (unpaired) electrons. The minimum absolute atomic E-state index is 0.0331. The molecule has 5 rings (SSSR count). The molecule has 0 unspecified atom stereocenters. The first-order valence-corrected chi connectivity index (χ1v) is 13.8. The predicted octanol–water partition coefficient (Wildman–Crippen LogP) is 9.00. The Balaban J connectivity index is 0.000000215. The zero-order valence-electron chi connectivity index (χ0n) is 22.2. The summed E-state index contributed by atoms with van der Waals surface area (Å²) in [6.45, 7) is 0. The number of benzene rings is 2. The topological polar surface area (TPSA) is 144 Å². The molecule has 1 fully saturated rings. The van der Waals surface area contributed by atoms with Gasteiger partial charge < -0.3 is 10.4 Å². The summed E-state index contributed by atoms with van der Waals surface area (Å²) >= 11 is 17.2. The van der Waals surface area contributed by atoms with Crippen LogP contribution < -0.4 is 5.32 Å². The highest BCUT2D eigenvalue weighted by molar-refractivity contribution is 6.41. The summed E-state index contributed by atoms with van der Waals surface area (Å²) in [5.74, 6) is 0. The highest BCUT2D eigenvalue weighted by Crippen LogP contribution is 2.41. The normalized spacial score (nSPS) is 17.1. The molecule has 2 heterocycles. The van der Waals surface area contributed by atoms with E-state index in [0.717, 1.165) is 36.4 Å². The Morgan fingerprint density at radius 1 is 0.756 bits per heavy atom. The zero-order chi connectivity index (χ0) is 33.4. The summed E-state index contributed by atoms with van der Waals surface area (Å²) in [5, 5.41) is 33.6. The third-order valence-corrected chi connectivity index (χ3v) is 7.75. The minimum atomic E-state index is -4.56. The van der Waals surface area contributed by atoms with Crippen molar-refractivity contribution in [1.82, 2.24) is 9.97 Å². The fraction of sp³-hybridized carbons (Fsp3) is 0.308. The van der Waals surface area contributed by atoms with Crippen LogP contribution in [-0.4, -0.2) is 37.1 Å². The summed E-state index contributed by atoms with van der Waals surface area (Å²) in [7, 11) is 0. The second-order valence-electron chi connectivity index (χ2n) is 9.81. The molecule has 1 saturated carbocycles. The van der Waals surface area contributed by atoms with Crippen molar-refractivity contribution in [2.75, 3.05) is 5.32 Å². The van der Waals surface area contributed by atoms with E-state index in [4.69, 9.17) is 34.8 Å². The van der Waals surface area contributed by atoms with Gasteiger partial charge in [0.25, 0.3) is 0 Å². The van der Waals surface area contributed by atoms with Crippen LogP contribution in [0.3, 0.4) is 0 Å². The maximum Gasteiger partial charge on any atom is 0.416 e. The lowest BCUT2D eigenvalue weighted by Gasteiger charge is -2.27. The van der Waals surface area contributed by atoms with E-state index in [2.05, 4.69) is 15.3 Å². The zero-order valence-corrected chi connectivity index (χ0v) is 24.5. The van der Waals surface area contributed by atoms with Gasteiger partial charge in [0, 0.05) is 16.8 Å². The molecular formula is C26H18Cl3F6N5O5. The molecule has 19 heteroatoms. The van der Waals surface area contributed by atoms with Crippen LogP contribution in [0.15, 0.2) is 36.4 Å². The lowest BCUT2D eigenvalue weighted by Crippen LogP contribution is -2.28. The maximum atomic E-state index is 12.9. The maximum absolute atomic E-state index is 12.9. The molecule has 0 saturated heterocycles. The quantitative estimate of drug-likeness (QED) is 0.0929. The molecule has 0 bridgehead atoms. The van der Waals surface area contributed by atoms with E-state index in [1.807, 2.05) is 0 Å². The molecule has 0 atom stereocenters. The summed E-state index contributed by atoms with van der Waals surface area (Å²) in [4.78, 5) is 28.0. The molecule has 10 nitrogen and oxygen atoms in total. The van der Waals surface area contributed by atoms with E-state index >= 15 is 0 Å². The molecule has 4 aromatic rings. The molecule has 0 aliphatic heterocycles. The smallest absolute Gasteiger partial charge is 0.393 e. The number of anilines is 1. The van der Waals surface area contributed by atoms with Gasteiger partial charge in [-0.15, -0.1) is 0 Å². The third-order valence-electron chi connectivity index (χ3n) is 6.84. The summed E-state index contributed by atoms with van der Waals surface area (Å²) in [6, 6.07) is 5.22. The number of pyridine rings is 2. The Hall–Kier alpha value is -3.73. The fourth-order valence-corrected chi connectivity index (χ4v) is 5.53. The van der Waals surface area contributed by atoms with Gasteiger partial charge in [-0.2, -0.15) is 26.3 Å². The Morgan fingerprint density at radius 2 is 1.20 bits per heavy atom. The van der Waals surface area contributed by atoms with Crippen LogP contribution >= 0.6 is 34.8 Å².